The van der Waals surface area contributed by atoms with Gasteiger partial charge in [0.05, 0.1) is 11.8 Å². The number of nitriles is 1. The van der Waals surface area contributed by atoms with E-state index in [0.717, 1.165) is 36.6 Å². The molecular formula is C32H42N6O3Si. The predicted octanol–water partition coefficient (Wildman–Crippen LogP) is 6.64. The van der Waals surface area contributed by atoms with E-state index in [4.69, 9.17) is 9.72 Å². The fourth-order valence-electron chi connectivity index (χ4n) is 4.71. The highest BCUT2D eigenvalue weighted by Gasteiger charge is 2.28. The molecule has 1 N–H and O–H groups in total. The number of ether oxygens (including phenoxy) is 1. The third kappa shape index (κ3) is 7.93. The number of hydrogen-bond acceptors (Lipinski definition) is 7. The van der Waals surface area contributed by atoms with Crippen LogP contribution in [0.25, 0.3) is 17.2 Å². The number of ketones is 1. The summed E-state index contributed by atoms with van der Waals surface area (Å²) in [6.45, 7) is 15.0. The molecule has 10 heteroatoms. The van der Waals surface area contributed by atoms with Gasteiger partial charge in [-0.3, -0.25) is 9.59 Å². The van der Waals surface area contributed by atoms with Gasteiger partial charge in [0.2, 0.25) is 0 Å². The van der Waals surface area contributed by atoms with Crippen LogP contribution in [-0.2, 0) is 16.3 Å². The van der Waals surface area contributed by atoms with Crippen molar-refractivity contribution in [2.24, 2.45) is 5.41 Å². The highest BCUT2D eigenvalue weighted by atomic mass is 28.3. The van der Waals surface area contributed by atoms with Gasteiger partial charge < -0.3 is 19.5 Å². The van der Waals surface area contributed by atoms with E-state index >= 15 is 0 Å². The summed E-state index contributed by atoms with van der Waals surface area (Å²) in [6.07, 6.45) is 8.14. The Kier molecular flexibility index (Phi) is 9.64. The molecule has 0 bridgehead atoms. The first-order chi connectivity index (χ1) is 19.9. The fraction of sp³-hybridized carbons (Fsp3) is 0.469. The lowest BCUT2D eigenvalue weighted by atomic mass is 9.87. The fourth-order valence-corrected chi connectivity index (χ4v) is 5.46. The molecule has 4 rings (SSSR count). The Balaban J connectivity index is 1.53. The molecule has 2 aromatic heterocycles. The number of rotatable bonds is 10. The van der Waals surface area contributed by atoms with Crippen molar-refractivity contribution < 1.29 is 14.3 Å². The zero-order valence-corrected chi connectivity index (χ0v) is 26.7. The van der Waals surface area contributed by atoms with Crippen molar-refractivity contribution in [3.63, 3.8) is 0 Å². The van der Waals surface area contributed by atoms with E-state index in [0.29, 0.717) is 49.0 Å². The number of hydrogen-bond donors (Lipinski definition) is 1. The molecule has 0 aliphatic carbocycles. The average Bonchev–Trinajstić information content (AvgIpc) is 3.31. The first-order valence-electron chi connectivity index (χ1n) is 14.6. The van der Waals surface area contributed by atoms with Crippen LogP contribution in [0.2, 0.25) is 25.7 Å². The van der Waals surface area contributed by atoms with E-state index in [-0.39, 0.29) is 17.3 Å². The van der Waals surface area contributed by atoms with Crippen molar-refractivity contribution >= 4 is 48.5 Å². The molecule has 222 valence electrons. The van der Waals surface area contributed by atoms with Gasteiger partial charge in [-0.15, -0.1) is 0 Å². The molecular weight excluding hydrogens is 544 g/mol. The Bertz CT molecular complexity index is 1500. The van der Waals surface area contributed by atoms with Gasteiger partial charge in [0.25, 0.3) is 5.91 Å². The van der Waals surface area contributed by atoms with E-state index in [1.54, 1.807) is 23.4 Å². The quantitative estimate of drug-likeness (QED) is 0.0932. The minimum atomic E-state index is -1.22. The van der Waals surface area contributed by atoms with Crippen LogP contribution in [0.15, 0.2) is 42.2 Å². The largest absolute Gasteiger partial charge is 0.361 e. The SMILES string of the molecule is CC(C)(C)C(=O)c1cn(COCC[Si](C)(C)C)c2ncc(Nc3ccc(C=C(C#N)C(=O)N4CCCCC4)cc3)nc12. The van der Waals surface area contributed by atoms with Crippen LogP contribution in [0.4, 0.5) is 11.5 Å². The van der Waals surface area contributed by atoms with Gasteiger partial charge >= 0.3 is 0 Å². The number of benzene rings is 1. The third-order valence-corrected chi connectivity index (χ3v) is 8.91. The molecule has 1 amide bonds. The smallest absolute Gasteiger partial charge is 0.264 e. The molecule has 3 aromatic rings. The van der Waals surface area contributed by atoms with Gasteiger partial charge in [-0.05, 0) is 49.1 Å². The van der Waals surface area contributed by atoms with Gasteiger partial charge in [0.15, 0.2) is 11.4 Å². The van der Waals surface area contributed by atoms with Crippen molar-refractivity contribution in [3.05, 3.63) is 53.4 Å². The molecule has 0 unspecified atom stereocenters. The number of carbonyl (C=O) groups excluding carboxylic acids is 2. The van der Waals surface area contributed by atoms with Crippen molar-refractivity contribution in [3.8, 4) is 6.07 Å². The summed E-state index contributed by atoms with van der Waals surface area (Å²) in [6, 6.07) is 10.5. The number of nitrogens with one attached hydrogen (secondary N) is 1. The molecule has 1 aliphatic heterocycles. The maximum atomic E-state index is 13.3. The van der Waals surface area contributed by atoms with Crippen LogP contribution in [0.5, 0.6) is 0 Å². The van der Waals surface area contributed by atoms with Crippen LogP contribution in [-0.4, -0.2) is 58.9 Å². The number of Topliss-reactive ketones (excluding diaryl/α,β-unsaturated/α-hetero) is 1. The summed E-state index contributed by atoms with van der Waals surface area (Å²) in [5.74, 6) is 0.282. The van der Waals surface area contributed by atoms with Crippen molar-refractivity contribution in [2.75, 3.05) is 25.0 Å². The molecule has 0 spiro atoms. The Morgan fingerprint density at radius 1 is 1.12 bits per heavy atom. The maximum absolute atomic E-state index is 13.3. The molecule has 42 heavy (non-hydrogen) atoms. The Morgan fingerprint density at radius 2 is 1.81 bits per heavy atom. The van der Waals surface area contributed by atoms with Crippen LogP contribution in [0.1, 0.15) is 56.0 Å². The molecule has 3 heterocycles. The van der Waals surface area contributed by atoms with Crippen molar-refractivity contribution in [2.45, 2.75) is 72.4 Å². The first-order valence-corrected chi connectivity index (χ1v) is 18.3. The van der Waals surface area contributed by atoms with Gasteiger partial charge in [0, 0.05) is 45.1 Å². The Hall–Kier alpha value is -3.81. The van der Waals surface area contributed by atoms with E-state index in [1.165, 1.54) is 0 Å². The minimum Gasteiger partial charge on any atom is -0.361 e. The molecule has 1 saturated heterocycles. The van der Waals surface area contributed by atoms with Crippen LogP contribution in [0, 0.1) is 16.7 Å². The standard InChI is InChI=1S/C32H42N6O3Si/c1-32(2,3)29(39)26-21-38(22-41-16-17-42(4,5)6)30-28(26)36-27(20-34-30)35-25-12-10-23(11-13-25)18-24(19-33)31(40)37-14-8-7-9-15-37/h10-13,18,20-21H,7-9,14-17,22H2,1-6H3,(H,35,36). The number of carbonyl (C=O) groups is 2. The molecule has 0 radical (unpaired) electrons. The molecule has 9 nitrogen and oxygen atoms in total. The summed E-state index contributed by atoms with van der Waals surface area (Å²) >= 11 is 0. The highest BCUT2D eigenvalue weighted by Crippen LogP contribution is 2.28. The van der Waals surface area contributed by atoms with Crippen molar-refractivity contribution in [1.29, 1.82) is 5.26 Å². The number of piperidine rings is 1. The molecule has 1 aromatic carbocycles. The lowest BCUT2D eigenvalue weighted by molar-refractivity contribution is -0.127. The summed E-state index contributed by atoms with van der Waals surface area (Å²) in [5, 5.41) is 12.9. The third-order valence-electron chi connectivity index (χ3n) is 7.21. The van der Waals surface area contributed by atoms with E-state index in [2.05, 4.69) is 36.0 Å². The summed E-state index contributed by atoms with van der Waals surface area (Å²) in [5.41, 5.74) is 2.73. The van der Waals surface area contributed by atoms with E-state index < -0.39 is 13.5 Å². The normalized spacial score (nSPS) is 14.6. The Morgan fingerprint density at radius 3 is 2.43 bits per heavy atom. The predicted molar refractivity (Wildman–Crippen MR) is 169 cm³/mol. The summed E-state index contributed by atoms with van der Waals surface area (Å²) in [7, 11) is -1.22. The molecule has 0 atom stereocenters. The van der Waals surface area contributed by atoms with E-state index in [9.17, 15) is 14.9 Å². The van der Waals surface area contributed by atoms with Gasteiger partial charge in [0.1, 0.15) is 29.7 Å². The first kappa shape index (κ1) is 31.1. The number of fused-ring (bicyclic) bond motifs is 1. The molecule has 1 aliphatic rings. The average molecular weight is 587 g/mol. The zero-order valence-electron chi connectivity index (χ0n) is 25.7. The van der Waals surface area contributed by atoms with Crippen LogP contribution >= 0.6 is 0 Å². The second-order valence-electron chi connectivity index (χ2n) is 13.1. The molecule has 1 fully saturated rings. The maximum Gasteiger partial charge on any atom is 0.264 e. The monoisotopic (exact) mass is 586 g/mol. The zero-order chi connectivity index (χ0) is 30.5. The van der Waals surface area contributed by atoms with E-state index in [1.807, 2.05) is 49.6 Å². The van der Waals surface area contributed by atoms with Crippen LogP contribution < -0.4 is 5.32 Å². The lowest BCUT2D eigenvalue weighted by Crippen LogP contribution is -2.36. The van der Waals surface area contributed by atoms with Gasteiger partial charge in [-0.1, -0.05) is 52.5 Å². The number of nitrogens with zero attached hydrogens (tertiary/aromatic N) is 5. The molecule has 0 saturated carbocycles. The number of anilines is 2. The van der Waals surface area contributed by atoms with Gasteiger partial charge in [-0.2, -0.15) is 5.26 Å². The van der Waals surface area contributed by atoms with Gasteiger partial charge in [-0.25, -0.2) is 9.97 Å². The highest BCUT2D eigenvalue weighted by molar-refractivity contribution is 6.76. The second-order valence-corrected chi connectivity index (χ2v) is 18.8. The number of amides is 1. The number of aromatic nitrogens is 3. The number of likely N-dealkylation sites (tertiary alicyclic amines) is 1. The summed E-state index contributed by atoms with van der Waals surface area (Å²) < 4.78 is 7.81. The lowest BCUT2D eigenvalue weighted by Gasteiger charge is -2.26. The minimum absolute atomic E-state index is 0.0108. The summed E-state index contributed by atoms with van der Waals surface area (Å²) in [4.78, 5) is 37.3. The Labute approximate surface area is 249 Å². The topological polar surface area (TPSA) is 113 Å². The van der Waals surface area contributed by atoms with Crippen LogP contribution in [0.3, 0.4) is 0 Å². The van der Waals surface area contributed by atoms with Crippen molar-refractivity contribution in [1.82, 2.24) is 19.4 Å². The second kappa shape index (κ2) is 13.0.